The highest BCUT2D eigenvalue weighted by molar-refractivity contribution is 5.69. The van der Waals surface area contributed by atoms with Crippen LogP contribution in [0.2, 0.25) is 0 Å². The molecule has 0 saturated heterocycles. The fourth-order valence-electron chi connectivity index (χ4n) is 2.46. The lowest BCUT2D eigenvalue weighted by atomic mass is 9.75. The lowest BCUT2D eigenvalue weighted by Gasteiger charge is -2.36. The van der Waals surface area contributed by atoms with Crippen LogP contribution in [0, 0.1) is 5.82 Å². The summed E-state index contributed by atoms with van der Waals surface area (Å²) in [6.45, 7) is 2.86. The van der Waals surface area contributed by atoms with Gasteiger partial charge < -0.3 is 10.1 Å². The number of rotatable bonds is 6. The number of ether oxygens (including phenoxy) is 1. The van der Waals surface area contributed by atoms with E-state index >= 15 is 0 Å². The van der Waals surface area contributed by atoms with Crippen molar-refractivity contribution in [2.75, 3.05) is 13.2 Å². The zero-order valence-corrected chi connectivity index (χ0v) is 11.2. The summed E-state index contributed by atoms with van der Waals surface area (Å²) >= 11 is 0. The van der Waals surface area contributed by atoms with E-state index in [-0.39, 0.29) is 11.8 Å². The highest BCUT2D eigenvalue weighted by Gasteiger charge is 2.31. The van der Waals surface area contributed by atoms with Crippen molar-refractivity contribution in [3.63, 3.8) is 0 Å². The van der Waals surface area contributed by atoms with E-state index in [0.29, 0.717) is 31.5 Å². The molecule has 0 aromatic heterocycles. The van der Waals surface area contributed by atoms with Crippen molar-refractivity contribution >= 4 is 5.97 Å². The smallest absolute Gasteiger partial charge is 0.307 e. The second kappa shape index (κ2) is 6.66. The van der Waals surface area contributed by atoms with Gasteiger partial charge in [-0.15, -0.1) is 0 Å². The second-order valence-corrected chi connectivity index (χ2v) is 4.90. The third-order valence-electron chi connectivity index (χ3n) is 3.55. The highest BCUT2D eigenvalue weighted by Crippen LogP contribution is 2.37. The molecule has 4 heteroatoms. The number of carbonyl (C=O) groups excluding carboxylic acids is 1. The summed E-state index contributed by atoms with van der Waals surface area (Å²) in [6.07, 6.45) is 2.27. The summed E-state index contributed by atoms with van der Waals surface area (Å²) in [7, 11) is 0. The third-order valence-corrected chi connectivity index (χ3v) is 3.55. The third kappa shape index (κ3) is 3.77. The number of esters is 1. The Hall–Kier alpha value is -1.42. The van der Waals surface area contributed by atoms with E-state index in [0.717, 1.165) is 18.4 Å². The van der Waals surface area contributed by atoms with Crippen molar-refractivity contribution in [1.29, 1.82) is 0 Å². The van der Waals surface area contributed by atoms with Crippen LogP contribution in [-0.2, 0) is 9.53 Å². The van der Waals surface area contributed by atoms with Gasteiger partial charge in [0.25, 0.3) is 0 Å². The summed E-state index contributed by atoms with van der Waals surface area (Å²) < 4.78 is 18.4. The van der Waals surface area contributed by atoms with Gasteiger partial charge in [-0.2, -0.15) is 0 Å². The fraction of sp³-hybridized carbons (Fsp3) is 0.533. The van der Waals surface area contributed by atoms with Gasteiger partial charge in [-0.25, -0.2) is 4.39 Å². The molecule has 0 spiro atoms. The molecule has 104 valence electrons. The fourth-order valence-corrected chi connectivity index (χ4v) is 2.46. The van der Waals surface area contributed by atoms with Gasteiger partial charge in [-0.3, -0.25) is 4.79 Å². The Morgan fingerprint density at radius 2 is 2.16 bits per heavy atom. The lowest BCUT2D eigenvalue weighted by Crippen LogP contribution is -2.41. The highest BCUT2D eigenvalue weighted by atomic mass is 19.1. The molecule has 0 radical (unpaired) electrons. The number of hydrogen-bond acceptors (Lipinski definition) is 3. The van der Waals surface area contributed by atoms with Crippen LogP contribution in [0.4, 0.5) is 4.39 Å². The van der Waals surface area contributed by atoms with E-state index in [4.69, 9.17) is 4.74 Å². The van der Waals surface area contributed by atoms with E-state index < -0.39 is 0 Å². The Balaban J connectivity index is 1.67. The van der Waals surface area contributed by atoms with E-state index in [1.807, 2.05) is 12.1 Å². The number of carbonyl (C=O) groups is 1. The zero-order chi connectivity index (χ0) is 13.7. The Labute approximate surface area is 113 Å². The van der Waals surface area contributed by atoms with Gasteiger partial charge >= 0.3 is 5.97 Å². The molecule has 0 bridgehead atoms. The molecular formula is C15H20FNO2. The van der Waals surface area contributed by atoms with Crippen molar-refractivity contribution in [1.82, 2.24) is 5.32 Å². The molecule has 0 heterocycles. The van der Waals surface area contributed by atoms with Crippen LogP contribution in [0.25, 0.3) is 0 Å². The predicted molar refractivity (Wildman–Crippen MR) is 71.4 cm³/mol. The molecule has 19 heavy (non-hydrogen) atoms. The Morgan fingerprint density at radius 1 is 1.42 bits per heavy atom. The first-order chi connectivity index (χ1) is 9.20. The molecule has 2 rings (SSSR count). The standard InChI is InChI=1S/C15H20FNO2/c1-2-19-15(18)7-8-17-12-9-11(10-12)13-5-3-4-6-14(13)16/h3-6,11-12,17H,2,7-10H2,1H3. The molecule has 1 aliphatic carbocycles. The average Bonchev–Trinajstić information content (AvgIpc) is 2.34. The molecule has 1 aromatic carbocycles. The average molecular weight is 265 g/mol. The normalized spacial score (nSPS) is 21.8. The summed E-state index contributed by atoms with van der Waals surface area (Å²) in [5, 5.41) is 3.30. The van der Waals surface area contributed by atoms with Crippen molar-refractivity contribution in [3.8, 4) is 0 Å². The maximum absolute atomic E-state index is 13.5. The lowest BCUT2D eigenvalue weighted by molar-refractivity contribution is -0.143. The monoisotopic (exact) mass is 265 g/mol. The quantitative estimate of drug-likeness (QED) is 0.804. The molecule has 1 N–H and O–H groups in total. The molecular weight excluding hydrogens is 245 g/mol. The predicted octanol–water partition coefficient (Wildman–Crippen LogP) is 2.61. The van der Waals surface area contributed by atoms with E-state index in [2.05, 4.69) is 5.32 Å². The molecule has 1 aromatic rings. The van der Waals surface area contributed by atoms with E-state index in [1.54, 1.807) is 13.0 Å². The van der Waals surface area contributed by atoms with Crippen molar-refractivity contribution < 1.29 is 13.9 Å². The number of nitrogens with one attached hydrogen (secondary N) is 1. The minimum absolute atomic E-state index is 0.113. The second-order valence-electron chi connectivity index (χ2n) is 4.90. The SMILES string of the molecule is CCOC(=O)CCNC1CC(c2ccccc2F)C1. The van der Waals surface area contributed by atoms with Gasteiger partial charge in [0.15, 0.2) is 0 Å². The van der Waals surface area contributed by atoms with Crippen LogP contribution in [-0.4, -0.2) is 25.2 Å². The van der Waals surface area contributed by atoms with Crippen molar-refractivity contribution in [3.05, 3.63) is 35.6 Å². The Kier molecular flexibility index (Phi) is 4.91. The molecule has 0 unspecified atom stereocenters. The molecule has 0 amide bonds. The molecule has 0 atom stereocenters. The maximum atomic E-state index is 13.5. The Morgan fingerprint density at radius 3 is 2.84 bits per heavy atom. The van der Waals surface area contributed by atoms with Gasteiger partial charge in [0.1, 0.15) is 5.82 Å². The Bertz CT molecular complexity index is 430. The molecule has 0 aliphatic heterocycles. The summed E-state index contributed by atoms with van der Waals surface area (Å²) in [5.74, 6) is 0.0266. The van der Waals surface area contributed by atoms with Gasteiger partial charge in [0, 0.05) is 12.6 Å². The summed E-state index contributed by atoms with van der Waals surface area (Å²) in [5.41, 5.74) is 0.811. The maximum Gasteiger partial charge on any atom is 0.307 e. The van der Waals surface area contributed by atoms with Crippen LogP contribution >= 0.6 is 0 Å². The molecule has 3 nitrogen and oxygen atoms in total. The van der Waals surface area contributed by atoms with Gasteiger partial charge in [0.05, 0.1) is 13.0 Å². The van der Waals surface area contributed by atoms with Crippen LogP contribution in [0.15, 0.2) is 24.3 Å². The first-order valence-electron chi connectivity index (χ1n) is 6.84. The van der Waals surface area contributed by atoms with Crippen LogP contribution in [0.3, 0.4) is 0 Å². The first-order valence-corrected chi connectivity index (χ1v) is 6.84. The van der Waals surface area contributed by atoms with Gasteiger partial charge in [-0.1, -0.05) is 18.2 Å². The summed E-state index contributed by atoms with van der Waals surface area (Å²) in [6, 6.07) is 7.34. The van der Waals surface area contributed by atoms with Gasteiger partial charge in [0.2, 0.25) is 0 Å². The van der Waals surface area contributed by atoms with Crippen LogP contribution in [0.5, 0.6) is 0 Å². The zero-order valence-electron chi connectivity index (χ0n) is 11.2. The largest absolute Gasteiger partial charge is 0.466 e. The van der Waals surface area contributed by atoms with Gasteiger partial charge in [-0.05, 0) is 37.3 Å². The molecule has 1 aliphatic rings. The molecule has 1 saturated carbocycles. The van der Waals surface area contributed by atoms with Crippen LogP contribution in [0.1, 0.15) is 37.7 Å². The minimum atomic E-state index is -0.167. The van der Waals surface area contributed by atoms with Crippen molar-refractivity contribution in [2.45, 2.75) is 38.1 Å². The number of halogens is 1. The van der Waals surface area contributed by atoms with E-state index in [1.165, 1.54) is 6.07 Å². The van der Waals surface area contributed by atoms with Crippen LogP contribution < -0.4 is 5.32 Å². The first kappa shape index (κ1) is 14.0. The van der Waals surface area contributed by atoms with E-state index in [9.17, 15) is 9.18 Å². The van der Waals surface area contributed by atoms with Crippen molar-refractivity contribution in [2.24, 2.45) is 0 Å². The number of benzene rings is 1. The number of hydrogen-bond donors (Lipinski definition) is 1. The topological polar surface area (TPSA) is 38.3 Å². The molecule has 1 fully saturated rings. The minimum Gasteiger partial charge on any atom is -0.466 e. The summed E-state index contributed by atoms with van der Waals surface area (Å²) in [4.78, 5) is 11.1.